The van der Waals surface area contributed by atoms with Crippen molar-refractivity contribution in [2.45, 2.75) is 38.1 Å². The van der Waals surface area contributed by atoms with Gasteiger partial charge in [-0.1, -0.05) is 19.3 Å². The zero-order valence-electron chi connectivity index (χ0n) is 9.67. The second-order valence-electron chi connectivity index (χ2n) is 4.64. The lowest BCUT2D eigenvalue weighted by atomic mass is 9.95. The molecule has 1 saturated carbocycles. The van der Waals surface area contributed by atoms with Gasteiger partial charge in [0.2, 0.25) is 0 Å². The van der Waals surface area contributed by atoms with Crippen LogP contribution in [0.1, 0.15) is 38.1 Å². The summed E-state index contributed by atoms with van der Waals surface area (Å²) in [6, 6.07) is 2.09. The molecule has 0 atom stereocenters. The van der Waals surface area contributed by atoms with Crippen molar-refractivity contribution in [3.63, 3.8) is 0 Å². The van der Waals surface area contributed by atoms with Gasteiger partial charge in [-0.15, -0.1) is 0 Å². The minimum Gasteiger partial charge on any atom is -0.296 e. The molecule has 0 bridgehead atoms. The Bertz CT molecular complexity index is 584. The second-order valence-corrected chi connectivity index (χ2v) is 4.64. The van der Waals surface area contributed by atoms with Crippen LogP contribution in [0.25, 0.3) is 10.9 Å². The predicted octanol–water partition coefficient (Wildman–Crippen LogP) is 2.30. The number of rotatable bonds is 1. The molecule has 3 rings (SSSR count). The van der Waals surface area contributed by atoms with E-state index in [0.717, 1.165) is 12.8 Å². The fourth-order valence-electron chi connectivity index (χ4n) is 2.61. The lowest BCUT2D eigenvalue weighted by Crippen LogP contribution is -2.26. The number of pyridine rings is 1. The van der Waals surface area contributed by atoms with Gasteiger partial charge in [-0.05, 0) is 18.9 Å². The first-order valence-electron chi connectivity index (χ1n) is 6.17. The third-order valence-corrected chi connectivity index (χ3v) is 3.55. The second kappa shape index (κ2) is 4.28. The maximum Gasteiger partial charge on any atom is 0.261 e. The third-order valence-electron chi connectivity index (χ3n) is 3.55. The van der Waals surface area contributed by atoms with Crippen LogP contribution in [0.2, 0.25) is 0 Å². The van der Waals surface area contributed by atoms with Crippen molar-refractivity contribution in [1.82, 2.24) is 14.5 Å². The number of hydrogen-bond acceptors (Lipinski definition) is 3. The standard InChI is InChI=1S/C13H15N3O/c17-13-11-6-7-14-8-12(11)15-9-16(13)10-4-2-1-3-5-10/h6-10H,1-5H2. The molecule has 2 aromatic rings. The van der Waals surface area contributed by atoms with Crippen LogP contribution in [0, 0.1) is 0 Å². The zero-order valence-corrected chi connectivity index (χ0v) is 9.67. The molecule has 0 amide bonds. The van der Waals surface area contributed by atoms with E-state index in [4.69, 9.17) is 0 Å². The van der Waals surface area contributed by atoms with Gasteiger partial charge in [0.1, 0.15) is 0 Å². The van der Waals surface area contributed by atoms with Crippen LogP contribution < -0.4 is 5.56 Å². The number of aromatic nitrogens is 3. The van der Waals surface area contributed by atoms with Crippen molar-refractivity contribution >= 4 is 10.9 Å². The van der Waals surface area contributed by atoms with E-state index in [1.165, 1.54) is 19.3 Å². The van der Waals surface area contributed by atoms with Crippen LogP contribution in [0.3, 0.4) is 0 Å². The fraction of sp³-hybridized carbons (Fsp3) is 0.462. The van der Waals surface area contributed by atoms with E-state index < -0.39 is 0 Å². The molecular formula is C13H15N3O. The zero-order chi connectivity index (χ0) is 11.7. The Kier molecular flexibility index (Phi) is 2.63. The van der Waals surface area contributed by atoms with E-state index in [-0.39, 0.29) is 5.56 Å². The molecule has 4 nitrogen and oxygen atoms in total. The van der Waals surface area contributed by atoms with E-state index >= 15 is 0 Å². The summed E-state index contributed by atoms with van der Waals surface area (Å²) in [5, 5.41) is 0.674. The van der Waals surface area contributed by atoms with E-state index in [1.807, 2.05) is 4.57 Å². The molecule has 88 valence electrons. The average Bonchev–Trinajstić information content (AvgIpc) is 2.40. The highest BCUT2D eigenvalue weighted by molar-refractivity contribution is 5.75. The average molecular weight is 229 g/mol. The summed E-state index contributed by atoms with van der Waals surface area (Å²) in [6.07, 6.45) is 10.9. The molecule has 17 heavy (non-hydrogen) atoms. The van der Waals surface area contributed by atoms with Crippen LogP contribution in [0.15, 0.2) is 29.6 Å². The van der Waals surface area contributed by atoms with Gasteiger partial charge in [-0.3, -0.25) is 14.3 Å². The summed E-state index contributed by atoms with van der Waals surface area (Å²) in [5.74, 6) is 0. The molecule has 0 spiro atoms. The van der Waals surface area contributed by atoms with Crippen molar-refractivity contribution in [3.05, 3.63) is 35.1 Å². The third kappa shape index (κ3) is 1.84. The van der Waals surface area contributed by atoms with Crippen molar-refractivity contribution < 1.29 is 0 Å². The molecule has 0 radical (unpaired) electrons. The Morgan fingerprint density at radius 1 is 1.24 bits per heavy atom. The lowest BCUT2D eigenvalue weighted by Gasteiger charge is -2.23. The molecule has 0 unspecified atom stereocenters. The highest BCUT2D eigenvalue weighted by atomic mass is 16.1. The largest absolute Gasteiger partial charge is 0.296 e. The Morgan fingerprint density at radius 3 is 2.88 bits per heavy atom. The van der Waals surface area contributed by atoms with E-state index in [1.54, 1.807) is 24.8 Å². The highest BCUT2D eigenvalue weighted by Gasteiger charge is 2.17. The van der Waals surface area contributed by atoms with Crippen LogP contribution in [-0.4, -0.2) is 14.5 Å². The molecule has 2 aromatic heterocycles. The van der Waals surface area contributed by atoms with Gasteiger partial charge in [0, 0.05) is 12.2 Å². The van der Waals surface area contributed by atoms with Gasteiger partial charge < -0.3 is 0 Å². The Morgan fingerprint density at radius 2 is 2.06 bits per heavy atom. The summed E-state index contributed by atoms with van der Waals surface area (Å²) in [7, 11) is 0. The summed E-state index contributed by atoms with van der Waals surface area (Å²) < 4.78 is 1.81. The molecule has 1 aliphatic carbocycles. The Labute approximate surface area is 99.3 Å². The predicted molar refractivity (Wildman–Crippen MR) is 65.9 cm³/mol. The van der Waals surface area contributed by atoms with Gasteiger partial charge in [-0.2, -0.15) is 0 Å². The molecule has 2 heterocycles. The van der Waals surface area contributed by atoms with Gasteiger partial charge in [0.25, 0.3) is 5.56 Å². The number of fused-ring (bicyclic) bond motifs is 1. The van der Waals surface area contributed by atoms with Gasteiger partial charge in [0.15, 0.2) is 0 Å². The van der Waals surface area contributed by atoms with Crippen LogP contribution in [0.5, 0.6) is 0 Å². The van der Waals surface area contributed by atoms with E-state index in [2.05, 4.69) is 9.97 Å². The SMILES string of the molecule is O=c1c2ccncc2ncn1C1CCCCC1. The first kappa shape index (κ1) is 10.4. The Hall–Kier alpha value is -1.71. The maximum absolute atomic E-state index is 12.3. The summed E-state index contributed by atoms with van der Waals surface area (Å²) in [5.41, 5.74) is 0.758. The molecule has 0 N–H and O–H groups in total. The molecule has 0 aliphatic heterocycles. The minimum atomic E-state index is 0.0734. The summed E-state index contributed by atoms with van der Waals surface area (Å²) in [4.78, 5) is 20.6. The van der Waals surface area contributed by atoms with E-state index in [9.17, 15) is 4.79 Å². The fourth-order valence-corrected chi connectivity index (χ4v) is 2.61. The smallest absolute Gasteiger partial charge is 0.261 e. The molecule has 4 heteroatoms. The molecular weight excluding hydrogens is 214 g/mol. The van der Waals surface area contributed by atoms with Gasteiger partial charge >= 0.3 is 0 Å². The molecule has 1 aliphatic rings. The van der Waals surface area contributed by atoms with Crippen molar-refractivity contribution in [2.75, 3.05) is 0 Å². The minimum absolute atomic E-state index is 0.0734. The quantitative estimate of drug-likeness (QED) is 0.753. The van der Waals surface area contributed by atoms with Crippen LogP contribution in [0.4, 0.5) is 0 Å². The molecule has 0 aromatic carbocycles. The first-order valence-corrected chi connectivity index (χ1v) is 6.17. The van der Waals surface area contributed by atoms with Crippen molar-refractivity contribution in [1.29, 1.82) is 0 Å². The highest BCUT2D eigenvalue weighted by Crippen LogP contribution is 2.26. The number of hydrogen-bond donors (Lipinski definition) is 0. The topological polar surface area (TPSA) is 47.8 Å². The number of nitrogens with zero attached hydrogens (tertiary/aromatic N) is 3. The summed E-state index contributed by atoms with van der Waals surface area (Å²) in [6.45, 7) is 0. The van der Waals surface area contributed by atoms with Gasteiger partial charge in [0.05, 0.1) is 23.4 Å². The lowest BCUT2D eigenvalue weighted by molar-refractivity contribution is 0.345. The Balaban J connectivity index is 2.11. The van der Waals surface area contributed by atoms with Crippen LogP contribution >= 0.6 is 0 Å². The molecule has 1 fully saturated rings. The van der Waals surface area contributed by atoms with E-state index in [0.29, 0.717) is 16.9 Å². The first-order chi connectivity index (χ1) is 8.36. The molecule has 0 saturated heterocycles. The monoisotopic (exact) mass is 229 g/mol. The van der Waals surface area contributed by atoms with Crippen LogP contribution in [-0.2, 0) is 0 Å². The van der Waals surface area contributed by atoms with Crippen molar-refractivity contribution in [2.24, 2.45) is 0 Å². The summed E-state index contributed by atoms with van der Waals surface area (Å²) >= 11 is 0. The van der Waals surface area contributed by atoms with Crippen molar-refractivity contribution in [3.8, 4) is 0 Å². The van der Waals surface area contributed by atoms with Gasteiger partial charge in [-0.25, -0.2) is 4.98 Å². The normalized spacial score (nSPS) is 17.4. The maximum atomic E-state index is 12.3.